The largest absolute Gasteiger partial charge is 0.464 e. The molecule has 0 spiro atoms. The van der Waals surface area contributed by atoms with Crippen molar-refractivity contribution in [3.8, 4) is 11.0 Å². The minimum Gasteiger partial charge on any atom is -0.464 e. The monoisotopic (exact) mass is 332 g/mol. The second-order valence-electron chi connectivity index (χ2n) is 5.96. The first kappa shape index (κ1) is 14.6. The Morgan fingerprint density at radius 3 is 3.17 bits per heavy atom. The van der Waals surface area contributed by atoms with Crippen LogP contribution in [0.4, 0.5) is 0 Å². The van der Waals surface area contributed by atoms with E-state index in [0.29, 0.717) is 12.6 Å². The molecule has 0 saturated heterocycles. The van der Waals surface area contributed by atoms with Gasteiger partial charge in [0, 0.05) is 10.4 Å². The third-order valence-electron chi connectivity index (χ3n) is 4.32. The summed E-state index contributed by atoms with van der Waals surface area (Å²) in [5.74, 6) is 0.729. The van der Waals surface area contributed by atoms with Crippen LogP contribution in [-0.4, -0.2) is 27.7 Å². The molecule has 2 N–H and O–H groups in total. The van der Waals surface area contributed by atoms with Gasteiger partial charge in [-0.2, -0.15) is 0 Å². The number of nitrogens with one attached hydrogen (secondary N) is 2. The maximum Gasteiger partial charge on any atom is 0.322 e. The third-order valence-corrected chi connectivity index (χ3v) is 5.59. The number of ether oxygens (including phenoxy) is 1. The van der Waals surface area contributed by atoms with E-state index in [4.69, 9.17) is 4.74 Å². The first-order valence-electron chi connectivity index (χ1n) is 7.98. The van der Waals surface area contributed by atoms with Crippen molar-refractivity contribution in [1.29, 1.82) is 0 Å². The van der Waals surface area contributed by atoms with E-state index in [0.717, 1.165) is 23.8 Å². The van der Waals surface area contributed by atoms with Crippen molar-refractivity contribution < 1.29 is 4.74 Å². The molecule has 23 heavy (non-hydrogen) atoms. The molecule has 0 saturated carbocycles. The molecule has 122 valence electrons. The van der Waals surface area contributed by atoms with E-state index in [9.17, 15) is 0 Å². The molecule has 1 aliphatic carbocycles. The molecule has 2 atom stereocenters. The molecule has 0 aromatic carbocycles. The van der Waals surface area contributed by atoms with Crippen LogP contribution in [0.2, 0.25) is 0 Å². The Morgan fingerprint density at radius 2 is 2.39 bits per heavy atom. The van der Waals surface area contributed by atoms with Crippen molar-refractivity contribution in [2.24, 2.45) is 10.9 Å². The fraction of sp³-hybridized carbons (Fsp3) is 0.533. The summed E-state index contributed by atoms with van der Waals surface area (Å²) in [6.45, 7) is 4.84. The first-order chi connectivity index (χ1) is 11.3. The van der Waals surface area contributed by atoms with Crippen molar-refractivity contribution in [2.45, 2.75) is 39.3 Å². The molecule has 2 aromatic rings. The number of thiophene rings is 1. The zero-order valence-electron chi connectivity index (χ0n) is 13.2. The summed E-state index contributed by atoms with van der Waals surface area (Å²) in [6, 6.07) is 0.537. The van der Waals surface area contributed by atoms with Crippen LogP contribution in [0.25, 0.3) is 5.00 Å². The highest BCUT2D eigenvalue weighted by molar-refractivity contribution is 7.15. The third kappa shape index (κ3) is 2.51. The van der Waals surface area contributed by atoms with Gasteiger partial charge in [0.1, 0.15) is 17.5 Å². The van der Waals surface area contributed by atoms with Gasteiger partial charge < -0.3 is 10.2 Å². The van der Waals surface area contributed by atoms with E-state index in [2.05, 4.69) is 33.0 Å². The number of fused-ring (bicyclic) bond motifs is 1. The number of hydrogen-bond acceptors (Lipinski definition) is 7. The smallest absolute Gasteiger partial charge is 0.322 e. The standard InChI is InChI=1S/C15H20N6OS/c1-3-22-15-20-18-8-21(15)14-12(13-16-7-17-19-13)10-5-4-9(2)6-11(10)23-14/h7-9,13,19H,3-6H2,1-2H3,(H,16,17). The van der Waals surface area contributed by atoms with Crippen LogP contribution in [0, 0.1) is 5.92 Å². The van der Waals surface area contributed by atoms with Crippen molar-refractivity contribution in [3.05, 3.63) is 22.3 Å². The minimum absolute atomic E-state index is 0.0738. The number of hydrazine groups is 1. The molecule has 3 heterocycles. The van der Waals surface area contributed by atoms with Crippen LogP contribution in [-0.2, 0) is 12.8 Å². The highest BCUT2D eigenvalue weighted by Gasteiger charge is 2.30. The van der Waals surface area contributed by atoms with Crippen LogP contribution in [0.3, 0.4) is 0 Å². The SMILES string of the molecule is CCOc1nncn1-c1sc2c(c1C1N=CNN1)CCC(C)C2. The van der Waals surface area contributed by atoms with E-state index in [1.54, 1.807) is 12.7 Å². The molecule has 0 radical (unpaired) electrons. The number of nitrogens with zero attached hydrogens (tertiary/aromatic N) is 4. The highest BCUT2D eigenvalue weighted by Crippen LogP contribution is 2.42. The normalized spacial score (nSPS) is 22.9. The lowest BCUT2D eigenvalue weighted by atomic mass is 9.88. The second kappa shape index (κ2) is 5.93. The van der Waals surface area contributed by atoms with Gasteiger partial charge in [-0.15, -0.1) is 16.4 Å². The van der Waals surface area contributed by atoms with Gasteiger partial charge in [0.25, 0.3) is 0 Å². The maximum absolute atomic E-state index is 5.62. The Hall–Kier alpha value is -1.93. The number of aliphatic imine (C=N–C) groups is 1. The Balaban J connectivity index is 1.85. The molecule has 4 rings (SSSR count). The van der Waals surface area contributed by atoms with Gasteiger partial charge in [-0.3, -0.25) is 0 Å². The summed E-state index contributed by atoms with van der Waals surface area (Å²) >= 11 is 1.81. The minimum atomic E-state index is -0.0738. The fourth-order valence-corrected chi connectivity index (χ4v) is 4.73. The van der Waals surface area contributed by atoms with E-state index < -0.39 is 0 Å². The Bertz CT molecular complexity index is 736. The van der Waals surface area contributed by atoms with E-state index in [-0.39, 0.29) is 6.17 Å². The van der Waals surface area contributed by atoms with Crippen molar-refractivity contribution >= 4 is 17.7 Å². The average Bonchev–Trinajstić information content (AvgIpc) is 3.25. The molecule has 0 fully saturated rings. The van der Waals surface area contributed by atoms with Crippen LogP contribution in [0.1, 0.15) is 42.4 Å². The van der Waals surface area contributed by atoms with Gasteiger partial charge in [-0.05, 0) is 37.7 Å². The zero-order chi connectivity index (χ0) is 15.8. The van der Waals surface area contributed by atoms with Crippen LogP contribution in [0.5, 0.6) is 6.01 Å². The van der Waals surface area contributed by atoms with Crippen LogP contribution < -0.4 is 15.6 Å². The fourth-order valence-electron chi connectivity index (χ4n) is 3.22. The Morgan fingerprint density at radius 1 is 1.48 bits per heavy atom. The summed E-state index contributed by atoms with van der Waals surface area (Å²) in [5, 5.41) is 9.23. The number of rotatable bonds is 4. The van der Waals surface area contributed by atoms with Crippen LogP contribution >= 0.6 is 11.3 Å². The Labute approximate surface area is 138 Å². The summed E-state index contributed by atoms with van der Waals surface area (Å²) in [6.07, 6.45) is 6.81. The quantitative estimate of drug-likeness (QED) is 0.895. The predicted molar refractivity (Wildman–Crippen MR) is 89.1 cm³/mol. The van der Waals surface area contributed by atoms with Crippen LogP contribution in [0.15, 0.2) is 11.3 Å². The van der Waals surface area contributed by atoms with Gasteiger partial charge in [-0.1, -0.05) is 12.0 Å². The molecule has 2 aromatic heterocycles. The molecule has 0 amide bonds. The van der Waals surface area contributed by atoms with E-state index >= 15 is 0 Å². The molecule has 8 heteroatoms. The van der Waals surface area contributed by atoms with Gasteiger partial charge in [-0.25, -0.2) is 15.0 Å². The van der Waals surface area contributed by atoms with Crippen molar-refractivity contribution in [1.82, 2.24) is 25.6 Å². The molecule has 2 aliphatic rings. The molecule has 2 unspecified atom stereocenters. The summed E-state index contributed by atoms with van der Waals surface area (Å²) in [4.78, 5) is 5.97. The van der Waals surface area contributed by atoms with Gasteiger partial charge in [0.05, 0.1) is 12.9 Å². The maximum atomic E-state index is 5.62. The summed E-state index contributed by atoms with van der Waals surface area (Å²) < 4.78 is 7.57. The number of hydrogen-bond donors (Lipinski definition) is 2. The molecular weight excluding hydrogens is 312 g/mol. The number of aromatic nitrogens is 3. The average molecular weight is 332 g/mol. The molecule has 1 aliphatic heterocycles. The summed E-state index contributed by atoms with van der Waals surface area (Å²) in [7, 11) is 0. The lowest BCUT2D eigenvalue weighted by Gasteiger charge is -2.20. The van der Waals surface area contributed by atoms with Crippen molar-refractivity contribution in [3.63, 3.8) is 0 Å². The Kier molecular flexibility index (Phi) is 3.78. The first-order valence-corrected chi connectivity index (χ1v) is 8.80. The van der Waals surface area contributed by atoms with E-state index in [1.165, 1.54) is 22.4 Å². The lowest BCUT2D eigenvalue weighted by Crippen LogP contribution is -2.27. The van der Waals surface area contributed by atoms with Gasteiger partial charge in [0.15, 0.2) is 0 Å². The summed E-state index contributed by atoms with van der Waals surface area (Å²) in [5.41, 5.74) is 8.84. The zero-order valence-corrected chi connectivity index (χ0v) is 14.1. The molecular formula is C15H20N6OS. The highest BCUT2D eigenvalue weighted by atomic mass is 32.1. The van der Waals surface area contributed by atoms with Gasteiger partial charge in [0.2, 0.25) is 0 Å². The second-order valence-corrected chi connectivity index (χ2v) is 7.04. The van der Waals surface area contributed by atoms with Crippen molar-refractivity contribution in [2.75, 3.05) is 6.61 Å². The predicted octanol–water partition coefficient (Wildman–Crippen LogP) is 1.99. The van der Waals surface area contributed by atoms with E-state index in [1.807, 2.05) is 22.8 Å². The topological polar surface area (TPSA) is 76.4 Å². The van der Waals surface area contributed by atoms with Gasteiger partial charge >= 0.3 is 6.01 Å². The molecule has 7 nitrogen and oxygen atoms in total. The lowest BCUT2D eigenvalue weighted by molar-refractivity contribution is 0.306. The molecule has 0 bridgehead atoms.